The lowest BCUT2D eigenvalue weighted by atomic mass is 10.1. The van der Waals surface area contributed by atoms with E-state index < -0.39 is 11.7 Å². The molecule has 1 aromatic heterocycles. The zero-order valence-corrected chi connectivity index (χ0v) is 13.3. The fraction of sp³-hybridized carbons (Fsp3) is 0.111. The average molecular weight is 342 g/mol. The molecule has 0 aliphatic rings. The predicted molar refractivity (Wildman–Crippen MR) is 88.8 cm³/mol. The first kappa shape index (κ1) is 16.7. The van der Waals surface area contributed by atoms with Crippen LogP contribution in [0.1, 0.15) is 16.1 Å². The largest absolute Gasteiger partial charge is 0.496 e. The highest BCUT2D eigenvalue weighted by Crippen LogP contribution is 2.25. The van der Waals surface area contributed by atoms with Crippen molar-refractivity contribution in [3.8, 4) is 17.1 Å². The molecule has 0 radical (unpaired) electrons. The number of nitrogens with zero attached hydrogens (tertiary/aromatic N) is 1. The van der Waals surface area contributed by atoms with Crippen LogP contribution in [-0.4, -0.2) is 23.3 Å². The molecule has 6 nitrogen and oxygen atoms in total. The van der Waals surface area contributed by atoms with Crippen molar-refractivity contribution < 1.29 is 23.6 Å². The van der Waals surface area contributed by atoms with E-state index in [9.17, 15) is 14.3 Å². The molecule has 7 heteroatoms. The van der Waals surface area contributed by atoms with Gasteiger partial charge in [-0.1, -0.05) is 17.3 Å². The van der Waals surface area contributed by atoms with Crippen LogP contribution in [0.2, 0.25) is 0 Å². The van der Waals surface area contributed by atoms with Crippen molar-refractivity contribution in [3.63, 3.8) is 0 Å². The molecule has 3 aromatic rings. The van der Waals surface area contributed by atoms with E-state index >= 15 is 0 Å². The first-order valence-corrected chi connectivity index (χ1v) is 7.43. The van der Waals surface area contributed by atoms with Crippen LogP contribution in [0.4, 0.5) is 10.1 Å². The Labute approximate surface area is 142 Å². The quantitative estimate of drug-likeness (QED) is 0.744. The summed E-state index contributed by atoms with van der Waals surface area (Å²) in [7, 11) is 1.49. The number of aliphatic hydroxyl groups excluding tert-OH is 1. The third-order valence-corrected chi connectivity index (χ3v) is 3.59. The number of aromatic nitrogens is 1. The number of amides is 1. The Kier molecular flexibility index (Phi) is 4.76. The fourth-order valence-corrected chi connectivity index (χ4v) is 2.35. The topological polar surface area (TPSA) is 84.6 Å². The Balaban J connectivity index is 1.80. The third-order valence-electron chi connectivity index (χ3n) is 3.59. The van der Waals surface area contributed by atoms with E-state index in [-0.39, 0.29) is 23.6 Å². The molecule has 0 spiro atoms. The molecule has 1 amide bonds. The van der Waals surface area contributed by atoms with Crippen LogP contribution in [0, 0.1) is 5.82 Å². The summed E-state index contributed by atoms with van der Waals surface area (Å²) >= 11 is 0. The van der Waals surface area contributed by atoms with Gasteiger partial charge in [0.25, 0.3) is 5.91 Å². The first-order chi connectivity index (χ1) is 12.1. The number of carbonyl (C=O) groups is 1. The van der Waals surface area contributed by atoms with Crippen molar-refractivity contribution in [3.05, 3.63) is 65.6 Å². The van der Waals surface area contributed by atoms with Crippen molar-refractivity contribution in [1.29, 1.82) is 0 Å². The number of benzene rings is 2. The Bertz CT molecular complexity index is 908. The molecule has 0 aliphatic carbocycles. The number of hydrogen-bond donors (Lipinski definition) is 2. The number of carbonyl (C=O) groups excluding carboxylic acids is 1. The van der Waals surface area contributed by atoms with E-state index in [1.807, 2.05) is 0 Å². The number of ether oxygens (including phenoxy) is 1. The molecule has 0 bridgehead atoms. The molecule has 0 atom stereocenters. The second-order valence-electron chi connectivity index (χ2n) is 5.20. The molecular formula is C18H15FN2O4. The number of methoxy groups -OCH3 is 1. The van der Waals surface area contributed by atoms with Gasteiger partial charge in [-0.25, -0.2) is 4.39 Å². The van der Waals surface area contributed by atoms with Gasteiger partial charge in [0, 0.05) is 17.3 Å². The average Bonchev–Trinajstić information content (AvgIpc) is 3.12. The van der Waals surface area contributed by atoms with Crippen LogP contribution in [0.15, 0.2) is 53.1 Å². The van der Waals surface area contributed by atoms with Gasteiger partial charge >= 0.3 is 0 Å². The maximum absolute atomic E-state index is 13.8. The lowest BCUT2D eigenvalue weighted by Gasteiger charge is -2.09. The molecule has 1 heterocycles. The minimum atomic E-state index is -0.514. The van der Waals surface area contributed by atoms with Crippen LogP contribution in [0.25, 0.3) is 11.3 Å². The minimum Gasteiger partial charge on any atom is -0.496 e. The predicted octanol–water partition coefficient (Wildman–Crippen LogP) is 3.23. The highest BCUT2D eigenvalue weighted by molar-refractivity contribution is 6.03. The van der Waals surface area contributed by atoms with Crippen LogP contribution in [-0.2, 0) is 6.61 Å². The molecule has 0 aliphatic heterocycles. The van der Waals surface area contributed by atoms with E-state index in [1.54, 1.807) is 30.3 Å². The van der Waals surface area contributed by atoms with Gasteiger partial charge in [0.1, 0.15) is 11.6 Å². The van der Waals surface area contributed by atoms with Gasteiger partial charge in [-0.3, -0.25) is 4.79 Å². The van der Waals surface area contributed by atoms with Gasteiger partial charge in [-0.2, -0.15) is 0 Å². The molecule has 2 aromatic carbocycles. The molecule has 2 N–H and O–H groups in total. The zero-order valence-electron chi connectivity index (χ0n) is 13.3. The second kappa shape index (κ2) is 7.14. The number of rotatable bonds is 5. The fourth-order valence-electron chi connectivity index (χ4n) is 2.35. The Morgan fingerprint density at radius 1 is 1.28 bits per heavy atom. The highest BCUT2D eigenvalue weighted by atomic mass is 19.1. The Morgan fingerprint density at radius 3 is 2.80 bits per heavy atom. The van der Waals surface area contributed by atoms with Gasteiger partial charge in [0.2, 0.25) is 0 Å². The van der Waals surface area contributed by atoms with Gasteiger partial charge in [-0.05, 0) is 30.3 Å². The highest BCUT2D eigenvalue weighted by Gasteiger charge is 2.16. The monoisotopic (exact) mass is 342 g/mol. The molecular weight excluding hydrogens is 327 g/mol. The van der Waals surface area contributed by atoms with Crippen molar-refractivity contribution in [2.24, 2.45) is 0 Å². The minimum absolute atomic E-state index is 0.0135. The lowest BCUT2D eigenvalue weighted by Crippen LogP contribution is -2.12. The number of hydrogen-bond acceptors (Lipinski definition) is 5. The molecule has 25 heavy (non-hydrogen) atoms. The normalized spacial score (nSPS) is 10.5. The standard InChI is InChI=1S/C18H15FN2O4/c1-24-16-7-6-12(8-11(16)10-22)20-18(23)15-9-17(25-21-15)13-4-2-3-5-14(13)19/h2-9,22H,10H2,1H3,(H,20,23). The molecule has 0 saturated carbocycles. The SMILES string of the molecule is COc1ccc(NC(=O)c2cc(-c3ccccc3F)on2)cc1CO. The summed E-state index contributed by atoms with van der Waals surface area (Å²) in [6, 6.07) is 12.3. The van der Waals surface area contributed by atoms with Crippen LogP contribution in [0.5, 0.6) is 5.75 Å². The summed E-state index contributed by atoms with van der Waals surface area (Å²) in [5, 5.41) is 15.6. The number of nitrogens with one attached hydrogen (secondary N) is 1. The summed E-state index contributed by atoms with van der Waals surface area (Å²) in [5.41, 5.74) is 1.23. The van der Waals surface area contributed by atoms with Gasteiger partial charge < -0.3 is 19.7 Å². The van der Waals surface area contributed by atoms with Gasteiger partial charge in [0.15, 0.2) is 11.5 Å². The first-order valence-electron chi connectivity index (χ1n) is 7.43. The van der Waals surface area contributed by atoms with E-state index in [0.29, 0.717) is 17.0 Å². The van der Waals surface area contributed by atoms with E-state index in [1.165, 1.54) is 25.3 Å². The maximum Gasteiger partial charge on any atom is 0.277 e. The maximum atomic E-state index is 13.8. The Hall–Kier alpha value is -3.19. The molecule has 0 unspecified atom stereocenters. The molecule has 128 valence electrons. The second-order valence-corrected chi connectivity index (χ2v) is 5.20. The summed E-state index contributed by atoms with van der Waals surface area (Å²) < 4.78 is 23.9. The van der Waals surface area contributed by atoms with E-state index in [2.05, 4.69) is 10.5 Å². The van der Waals surface area contributed by atoms with E-state index in [4.69, 9.17) is 9.26 Å². The number of aliphatic hydroxyl groups is 1. The van der Waals surface area contributed by atoms with Crippen LogP contribution < -0.4 is 10.1 Å². The summed E-state index contributed by atoms with van der Waals surface area (Å²) in [6.45, 7) is -0.228. The molecule has 0 saturated heterocycles. The molecule has 0 fully saturated rings. The van der Waals surface area contributed by atoms with Gasteiger partial charge in [-0.15, -0.1) is 0 Å². The van der Waals surface area contributed by atoms with Gasteiger partial charge in [0.05, 0.1) is 19.3 Å². The van der Waals surface area contributed by atoms with Crippen molar-refractivity contribution in [2.75, 3.05) is 12.4 Å². The van der Waals surface area contributed by atoms with Crippen LogP contribution in [0.3, 0.4) is 0 Å². The number of halogens is 1. The summed E-state index contributed by atoms with van der Waals surface area (Å²) in [5.74, 6) is -0.299. The Morgan fingerprint density at radius 2 is 2.08 bits per heavy atom. The van der Waals surface area contributed by atoms with Crippen molar-refractivity contribution in [1.82, 2.24) is 5.16 Å². The third kappa shape index (κ3) is 3.51. The zero-order chi connectivity index (χ0) is 17.8. The van der Waals surface area contributed by atoms with Crippen molar-refractivity contribution in [2.45, 2.75) is 6.61 Å². The summed E-state index contributed by atoms with van der Waals surface area (Å²) in [4.78, 5) is 12.3. The molecule has 3 rings (SSSR count). The number of anilines is 1. The summed E-state index contributed by atoms with van der Waals surface area (Å²) in [6.07, 6.45) is 0. The van der Waals surface area contributed by atoms with Crippen molar-refractivity contribution >= 4 is 11.6 Å². The van der Waals surface area contributed by atoms with E-state index in [0.717, 1.165) is 0 Å². The lowest BCUT2D eigenvalue weighted by molar-refractivity contribution is 0.101. The van der Waals surface area contributed by atoms with Crippen LogP contribution >= 0.6 is 0 Å². The smallest absolute Gasteiger partial charge is 0.277 e.